The predicted molar refractivity (Wildman–Crippen MR) is 54.6 cm³/mol. The minimum absolute atomic E-state index is 0.476. The van der Waals surface area contributed by atoms with E-state index < -0.39 is 18.7 Å². The van der Waals surface area contributed by atoms with Crippen molar-refractivity contribution in [3.63, 3.8) is 0 Å². The molecule has 0 aromatic heterocycles. The van der Waals surface area contributed by atoms with Crippen LogP contribution in [-0.2, 0) is 9.53 Å². The van der Waals surface area contributed by atoms with E-state index >= 15 is 0 Å². The van der Waals surface area contributed by atoms with Gasteiger partial charge in [-0.05, 0) is 17.7 Å². The highest BCUT2D eigenvalue weighted by molar-refractivity contribution is 9.10. The van der Waals surface area contributed by atoms with Crippen LogP contribution < -0.4 is 0 Å². The second kappa shape index (κ2) is 5.10. The quantitative estimate of drug-likeness (QED) is 0.782. The summed E-state index contributed by atoms with van der Waals surface area (Å²) in [6.45, 7) is 0.558. The lowest BCUT2D eigenvalue weighted by molar-refractivity contribution is -0.147. The van der Waals surface area contributed by atoms with Gasteiger partial charge in [-0.1, -0.05) is 28.1 Å². The number of benzene rings is 1. The first kappa shape index (κ1) is 11.2. The molecule has 0 radical (unpaired) electrons. The van der Waals surface area contributed by atoms with Crippen LogP contribution in [-0.4, -0.2) is 12.6 Å². The summed E-state index contributed by atoms with van der Waals surface area (Å²) in [6, 6.07) is 7.00. The van der Waals surface area contributed by atoms with Gasteiger partial charge in [0.05, 0.1) is 0 Å². The van der Waals surface area contributed by atoms with E-state index in [1.165, 1.54) is 6.92 Å². The summed E-state index contributed by atoms with van der Waals surface area (Å²) in [5, 5.41) is 0. The molecule has 0 fully saturated rings. The number of carbonyl (C=O) groups is 1. The number of alkyl halides is 1. The number of hydrogen-bond acceptors (Lipinski definition) is 2. The zero-order chi connectivity index (χ0) is 10.6. The van der Waals surface area contributed by atoms with Gasteiger partial charge < -0.3 is 4.74 Å². The lowest BCUT2D eigenvalue weighted by Gasteiger charge is -2.13. The average molecular weight is 261 g/mol. The van der Waals surface area contributed by atoms with Gasteiger partial charge in [-0.25, -0.2) is 4.39 Å². The van der Waals surface area contributed by atoms with Gasteiger partial charge in [-0.3, -0.25) is 4.79 Å². The summed E-state index contributed by atoms with van der Waals surface area (Å²) in [4.78, 5) is 10.7. The SMILES string of the molecule is CC(=O)OC(CF)c1ccc(Br)cc1. The zero-order valence-corrected chi connectivity index (χ0v) is 9.25. The van der Waals surface area contributed by atoms with E-state index in [2.05, 4.69) is 15.9 Å². The molecular formula is C10H10BrFO2. The van der Waals surface area contributed by atoms with Crippen LogP contribution in [0.25, 0.3) is 0 Å². The van der Waals surface area contributed by atoms with E-state index in [4.69, 9.17) is 4.74 Å². The van der Waals surface area contributed by atoms with Crippen LogP contribution in [0.1, 0.15) is 18.6 Å². The monoisotopic (exact) mass is 260 g/mol. The van der Waals surface area contributed by atoms with Crippen molar-refractivity contribution in [3.8, 4) is 0 Å². The highest BCUT2D eigenvalue weighted by Crippen LogP contribution is 2.20. The summed E-state index contributed by atoms with van der Waals surface area (Å²) in [5.74, 6) is -0.476. The van der Waals surface area contributed by atoms with Crippen molar-refractivity contribution in [2.75, 3.05) is 6.67 Å². The summed E-state index contributed by atoms with van der Waals surface area (Å²) in [6.07, 6.45) is -0.791. The van der Waals surface area contributed by atoms with Crippen molar-refractivity contribution in [1.82, 2.24) is 0 Å². The maximum Gasteiger partial charge on any atom is 0.303 e. The molecule has 0 saturated carbocycles. The maximum absolute atomic E-state index is 12.5. The molecule has 0 aliphatic heterocycles. The lowest BCUT2D eigenvalue weighted by Crippen LogP contribution is -2.10. The van der Waals surface area contributed by atoms with Gasteiger partial charge in [0.1, 0.15) is 6.67 Å². The van der Waals surface area contributed by atoms with Crippen LogP contribution in [0.2, 0.25) is 0 Å². The van der Waals surface area contributed by atoms with E-state index in [0.29, 0.717) is 5.56 Å². The van der Waals surface area contributed by atoms with Crippen LogP contribution in [0.4, 0.5) is 4.39 Å². The smallest absolute Gasteiger partial charge is 0.303 e. The van der Waals surface area contributed by atoms with Crippen LogP contribution in [0.15, 0.2) is 28.7 Å². The number of halogens is 2. The van der Waals surface area contributed by atoms with Gasteiger partial charge in [-0.2, -0.15) is 0 Å². The van der Waals surface area contributed by atoms with Gasteiger partial charge in [0.25, 0.3) is 0 Å². The average Bonchev–Trinajstić information content (AvgIpc) is 2.15. The third-order valence-corrected chi connectivity index (χ3v) is 2.22. The Hall–Kier alpha value is -0.900. The van der Waals surface area contributed by atoms with Gasteiger partial charge in [0.15, 0.2) is 6.10 Å². The second-order valence-corrected chi connectivity index (χ2v) is 3.72. The van der Waals surface area contributed by atoms with Crippen molar-refractivity contribution in [3.05, 3.63) is 34.3 Å². The third kappa shape index (κ3) is 3.10. The Balaban J connectivity index is 2.78. The summed E-state index contributed by atoms with van der Waals surface area (Å²) < 4.78 is 18.2. The second-order valence-electron chi connectivity index (χ2n) is 2.80. The Bertz CT molecular complexity index is 310. The lowest BCUT2D eigenvalue weighted by atomic mass is 10.1. The molecule has 0 heterocycles. The predicted octanol–water partition coefficient (Wildman–Crippen LogP) is 3.02. The third-order valence-electron chi connectivity index (χ3n) is 1.69. The summed E-state index contributed by atoms with van der Waals surface area (Å²) in [5.41, 5.74) is 0.658. The van der Waals surface area contributed by atoms with E-state index in [1.807, 2.05) is 0 Å². The van der Waals surface area contributed by atoms with Gasteiger partial charge in [0.2, 0.25) is 0 Å². The number of ether oxygens (including phenoxy) is 1. The molecule has 0 spiro atoms. The Morgan fingerprint density at radius 2 is 2.07 bits per heavy atom. The first-order chi connectivity index (χ1) is 6.63. The molecule has 0 aliphatic carbocycles. The largest absolute Gasteiger partial charge is 0.455 e. The molecule has 0 N–H and O–H groups in total. The first-order valence-electron chi connectivity index (χ1n) is 4.12. The van der Waals surface area contributed by atoms with Crippen molar-refractivity contribution in [2.45, 2.75) is 13.0 Å². The molecule has 2 nitrogen and oxygen atoms in total. The molecule has 1 unspecified atom stereocenters. The fraction of sp³-hybridized carbons (Fsp3) is 0.300. The number of esters is 1. The Kier molecular flexibility index (Phi) is 4.07. The van der Waals surface area contributed by atoms with E-state index in [-0.39, 0.29) is 0 Å². The van der Waals surface area contributed by atoms with Crippen molar-refractivity contribution < 1.29 is 13.9 Å². The normalized spacial score (nSPS) is 12.2. The molecule has 0 aliphatic rings. The molecule has 76 valence electrons. The molecule has 14 heavy (non-hydrogen) atoms. The standard InChI is InChI=1S/C10H10BrFO2/c1-7(13)14-10(6-12)8-2-4-9(11)5-3-8/h2-5,10H,6H2,1H3. The van der Waals surface area contributed by atoms with Crippen LogP contribution in [0.3, 0.4) is 0 Å². The highest BCUT2D eigenvalue weighted by Gasteiger charge is 2.13. The first-order valence-corrected chi connectivity index (χ1v) is 4.91. The van der Waals surface area contributed by atoms with E-state index in [9.17, 15) is 9.18 Å². The minimum atomic E-state index is -0.791. The van der Waals surface area contributed by atoms with Crippen LogP contribution in [0, 0.1) is 0 Å². The molecular weight excluding hydrogens is 251 g/mol. The number of carbonyl (C=O) groups excluding carboxylic acids is 1. The van der Waals surface area contributed by atoms with Gasteiger partial charge in [0, 0.05) is 11.4 Å². The summed E-state index contributed by atoms with van der Waals surface area (Å²) >= 11 is 3.27. The molecule has 1 atom stereocenters. The fourth-order valence-corrected chi connectivity index (χ4v) is 1.33. The Morgan fingerprint density at radius 3 is 2.50 bits per heavy atom. The fourth-order valence-electron chi connectivity index (χ4n) is 1.07. The number of rotatable bonds is 3. The topological polar surface area (TPSA) is 26.3 Å². The van der Waals surface area contributed by atoms with E-state index in [0.717, 1.165) is 4.47 Å². The number of hydrogen-bond donors (Lipinski definition) is 0. The zero-order valence-electron chi connectivity index (χ0n) is 7.67. The van der Waals surface area contributed by atoms with E-state index in [1.54, 1.807) is 24.3 Å². The van der Waals surface area contributed by atoms with Crippen LogP contribution >= 0.6 is 15.9 Å². The van der Waals surface area contributed by atoms with Crippen molar-refractivity contribution in [2.24, 2.45) is 0 Å². The van der Waals surface area contributed by atoms with Crippen molar-refractivity contribution in [1.29, 1.82) is 0 Å². The molecule has 4 heteroatoms. The highest BCUT2D eigenvalue weighted by atomic mass is 79.9. The Labute approximate surface area is 90.2 Å². The summed E-state index contributed by atoms with van der Waals surface area (Å²) in [7, 11) is 0. The maximum atomic E-state index is 12.5. The molecule has 1 rings (SSSR count). The molecule has 0 amide bonds. The van der Waals surface area contributed by atoms with Gasteiger partial charge >= 0.3 is 5.97 Å². The van der Waals surface area contributed by atoms with Crippen LogP contribution in [0.5, 0.6) is 0 Å². The van der Waals surface area contributed by atoms with Crippen molar-refractivity contribution >= 4 is 21.9 Å². The Morgan fingerprint density at radius 1 is 1.50 bits per heavy atom. The molecule has 0 saturated heterocycles. The van der Waals surface area contributed by atoms with Gasteiger partial charge in [-0.15, -0.1) is 0 Å². The molecule has 1 aromatic rings. The minimum Gasteiger partial charge on any atom is -0.455 e. The molecule has 1 aromatic carbocycles. The molecule has 0 bridgehead atoms.